The van der Waals surface area contributed by atoms with Gasteiger partial charge in [0.05, 0.1) is 0 Å². The highest BCUT2D eigenvalue weighted by Crippen LogP contribution is 2.29. The number of carbonyl (C=O) groups excluding carboxylic acids is 5. The Balaban J connectivity index is 1.36. The zero-order valence-corrected chi connectivity index (χ0v) is 24.3. The van der Waals surface area contributed by atoms with Gasteiger partial charge < -0.3 is 19.9 Å². The van der Waals surface area contributed by atoms with Gasteiger partial charge in [-0.05, 0) is 70.2 Å². The van der Waals surface area contributed by atoms with Crippen molar-refractivity contribution in [3.8, 4) is 0 Å². The molecule has 0 radical (unpaired) electrons. The third kappa shape index (κ3) is 9.06. The highest BCUT2D eigenvalue weighted by Gasteiger charge is 2.39. The average Bonchev–Trinajstić information content (AvgIpc) is 3.19. The molecule has 1 fully saturated rings. The summed E-state index contributed by atoms with van der Waals surface area (Å²) >= 11 is 0. The van der Waals surface area contributed by atoms with Crippen molar-refractivity contribution in [3.05, 3.63) is 29.3 Å². The van der Waals surface area contributed by atoms with Gasteiger partial charge in [0.15, 0.2) is 0 Å². The van der Waals surface area contributed by atoms with Crippen LogP contribution in [0.25, 0.3) is 0 Å². The largest absolute Gasteiger partial charge is 0.444 e. The summed E-state index contributed by atoms with van der Waals surface area (Å²) in [5, 5.41) is 5.21. The summed E-state index contributed by atoms with van der Waals surface area (Å²) in [5.41, 5.74) is 1.39. The van der Waals surface area contributed by atoms with Crippen molar-refractivity contribution in [1.82, 2.24) is 15.1 Å². The molecule has 5 amide bonds. The van der Waals surface area contributed by atoms with E-state index in [4.69, 9.17) is 4.74 Å². The third-order valence-corrected chi connectivity index (χ3v) is 7.07. The molecule has 0 spiro atoms. The minimum absolute atomic E-state index is 0.0815. The highest BCUT2D eigenvalue weighted by atomic mass is 16.6. The average molecular weight is 557 g/mol. The first-order valence-corrected chi connectivity index (χ1v) is 14.5. The number of ether oxygens (including phenoxy) is 1. The van der Waals surface area contributed by atoms with Crippen LogP contribution < -0.4 is 10.6 Å². The van der Waals surface area contributed by atoms with E-state index in [0.29, 0.717) is 37.2 Å². The maximum absolute atomic E-state index is 12.8. The number of nitrogens with one attached hydrogen (secondary N) is 2. The van der Waals surface area contributed by atoms with E-state index in [9.17, 15) is 24.0 Å². The summed E-state index contributed by atoms with van der Waals surface area (Å²) in [6, 6.07) is 4.51. The van der Waals surface area contributed by atoms with Crippen molar-refractivity contribution in [2.24, 2.45) is 0 Å². The second kappa shape index (κ2) is 14.3. The number of nitrogens with zero attached hydrogens (tertiary/aromatic N) is 2. The number of carbonyl (C=O) groups is 5. The number of rotatable bonds is 13. The molecule has 2 aliphatic rings. The standard InChI is InChI=1S/C30H44N4O6/c1-5-6-17-33(29(39)40-30(2,3)4)18-11-9-7-8-10-12-25(35)31-22-13-14-23-21(19-22)20-34(28(23)38)24-15-16-26(36)32-27(24)37/h13-14,19,24H,5-12,15-18,20H2,1-4H3,(H,31,35)(H,32,36,37). The summed E-state index contributed by atoms with van der Waals surface area (Å²) in [5.74, 6) is -1.07. The number of fused-ring (bicyclic) bond motifs is 1. The van der Waals surface area contributed by atoms with Crippen LogP contribution in [0.4, 0.5) is 10.5 Å². The van der Waals surface area contributed by atoms with E-state index in [1.54, 1.807) is 23.1 Å². The quantitative estimate of drug-likeness (QED) is 0.267. The first kappa shape index (κ1) is 31.1. The van der Waals surface area contributed by atoms with E-state index in [-0.39, 0.29) is 36.8 Å². The lowest BCUT2D eigenvalue weighted by Gasteiger charge is -2.29. The lowest BCUT2D eigenvalue weighted by atomic mass is 10.0. The van der Waals surface area contributed by atoms with Crippen LogP contribution in [0.3, 0.4) is 0 Å². The van der Waals surface area contributed by atoms with Gasteiger partial charge in [-0.15, -0.1) is 0 Å². The molecule has 0 saturated carbocycles. The monoisotopic (exact) mass is 556 g/mol. The third-order valence-electron chi connectivity index (χ3n) is 7.07. The first-order chi connectivity index (χ1) is 19.0. The molecule has 0 aliphatic carbocycles. The Hall–Kier alpha value is -3.43. The summed E-state index contributed by atoms with van der Waals surface area (Å²) in [4.78, 5) is 64.7. The van der Waals surface area contributed by atoms with Gasteiger partial charge in [0.2, 0.25) is 17.7 Å². The zero-order valence-electron chi connectivity index (χ0n) is 24.3. The zero-order chi connectivity index (χ0) is 29.3. The molecular formula is C30H44N4O6. The van der Waals surface area contributed by atoms with Gasteiger partial charge in [0.1, 0.15) is 11.6 Å². The van der Waals surface area contributed by atoms with Crippen molar-refractivity contribution in [3.63, 3.8) is 0 Å². The lowest BCUT2D eigenvalue weighted by Crippen LogP contribution is -2.52. The maximum atomic E-state index is 12.8. The fourth-order valence-electron chi connectivity index (χ4n) is 4.96. The SMILES string of the molecule is CCCCN(CCCCCCCC(=O)Nc1ccc2c(c1)CN(C1CCC(=O)NC1=O)C2=O)C(=O)OC(C)(C)C. The van der Waals surface area contributed by atoms with E-state index in [1.807, 2.05) is 20.8 Å². The van der Waals surface area contributed by atoms with Gasteiger partial charge in [0.25, 0.3) is 5.91 Å². The van der Waals surface area contributed by atoms with Gasteiger partial charge in [-0.1, -0.05) is 32.6 Å². The predicted octanol–water partition coefficient (Wildman–Crippen LogP) is 4.76. The summed E-state index contributed by atoms with van der Waals surface area (Å²) in [7, 11) is 0. The molecule has 2 aliphatic heterocycles. The molecule has 1 aromatic rings. The Kier molecular flexibility index (Phi) is 11.1. The molecule has 2 N–H and O–H groups in total. The molecule has 0 bridgehead atoms. The summed E-state index contributed by atoms with van der Waals surface area (Å²) in [6.45, 7) is 9.39. The minimum atomic E-state index is -0.660. The van der Waals surface area contributed by atoms with Crippen LogP contribution >= 0.6 is 0 Å². The van der Waals surface area contributed by atoms with E-state index in [1.165, 1.54) is 4.90 Å². The van der Waals surface area contributed by atoms with Crippen molar-refractivity contribution < 1.29 is 28.7 Å². The Bertz CT molecular complexity index is 1100. The Morgan fingerprint density at radius 3 is 2.45 bits per heavy atom. The number of benzene rings is 1. The predicted molar refractivity (Wildman–Crippen MR) is 152 cm³/mol. The number of hydrogen-bond donors (Lipinski definition) is 2. The molecule has 40 heavy (non-hydrogen) atoms. The van der Waals surface area contributed by atoms with E-state index in [0.717, 1.165) is 50.5 Å². The van der Waals surface area contributed by atoms with Gasteiger partial charge in [-0.2, -0.15) is 0 Å². The number of hydrogen-bond acceptors (Lipinski definition) is 6. The van der Waals surface area contributed by atoms with E-state index in [2.05, 4.69) is 17.6 Å². The second-order valence-corrected chi connectivity index (χ2v) is 11.7. The van der Waals surface area contributed by atoms with Gasteiger partial charge in [0, 0.05) is 43.7 Å². The number of piperidine rings is 1. The van der Waals surface area contributed by atoms with E-state index >= 15 is 0 Å². The molecule has 1 aromatic carbocycles. The van der Waals surface area contributed by atoms with Crippen LogP contribution in [-0.4, -0.2) is 64.3 Å². The summed E-state index contributed by atoms with van der Waals surface area (Å²) < 4.78 is 5.53. The van der Waals surface area contributed by atoms with Crippen LogP contribution in [0.15, 0.2) is 18.2 Å². The molecule has 1 saturated heterocycles. The molecule has 3 rings (SSSR count). The van der Waals surface area contributed by atoms with Gasteiger partial charge >= 0.3 is 6.09 Å². The first-order valence-electron chi connectivity index (χ1n) is 14.5. The van der Waals surface area contributed by atoms with Crippen molar-refractivity contribution in [2.75, 3.05) is 18.4 Å². The fourth-order valence-corrected chi connectivity index (χ4v) is 4.96. The lowest BCUT2D eigenvalue weighted by molar-refractivity contribution is -0.137. The smallest absolute Gasteiger partial charge is 0.410 e. The van der Waals surface area contributed by atoms with Crippen LogP contribution in [0.1, 0.15) is 108 Å². The Morgan fingerprint density at radius 1 is 1.05 bits per heavy atom. The fraction of sp³-hybridized carbons (Fsp3) is 0.633. The highest BCUT2D eigenvalue weighted by molar-refractivity contribution is 6.05. The molecule has 10 heteroatoms. The van der Waals surface area contributed by atoms with Crippen molar-refractivity contribution >= 4 is 35.4 Å². The summed E-state index contributed by atoms with van der Waals surface area (Å²) in [6.07, 6.45) is 7.21. The Morgan fingerprint density at radius 2 is 1.75 bits per heavy atom. The number of anilines is 1. The Labute approximate surface area is 237 Å². The molecule has 220 valence electrons. The van der Waals surface area contributed by atoms with Gasteiger partial charge in [-0.25, -0.2) is 4.79 Å². The van der Waals surface area contributed by atoms with Crippen molar-refractivity contribution in [2.45, 2.75) is 110 Å². The maximum Gasteiger partial charge on any atom is 0.410 e. The molecule has 0 aromatic heterocycles. The number of amides is 5. The van der Waals surface area contributed by atoms with Gasteiger partial charge in [-0.3, -0.25) is 24.5 Å². The van der Waals surface area contributed by atoms with Crippen LogP contribution in [-0.2, 0) is 25.7 Å². The molecular weight excluding hydrogens is 512 g/mol. The molecule has 2 heterocycles. The normalized spacial score (nSPS) is 16.9. The molecule has 1 unspecified atom stereocenters. The van der Waals surface area contributed by atoms with E-state index < -0.39 is 17.6 Å². The number of imide groups is 1. The molecule has 1 atom stereocenters. The second-order valence-electron chi connectivity index (χ2n) is 11.7. The topological polar surface area (TPSA) is 125 Å². The minimum Gasteiger partial charge on any atom is -0.444 e. The number of unbranched alkanes of at least 4 members (excludes halogenated alkanes) is 5. The molecule has 10 nitrogen and oxygen atoms in total. The van der Waals surface area contributed by atoms with Crippen LogP contribution in [0.2, 0.25) is 0 Å². The van der Waals surface area contributed by atoms with Crippen molar-refractivity contribution in [1.29, 1.82) is 0 Å². The van der Waals surface area contributed by atoms with Crippen LogP contribution in [0, 0.1) is 0 Å². The van der Waals surface area contributed by atoms with Crippen LogP contribution in [0.5, 0.6) is 0 Å².